The molecule has 150 valence electrons. The number of sulfone groups is 1. The minimum absolute atomic E-state index is 0.0756. The molecule has 0 bridgehead atoms. The number of nitrogens with zero attached hydrogens (tertiary/aromatic N) is 1. The van der Waals surface area contributed by atoms with Gasteiger partial charge < -0.3 is 14.5 Å². The number of likely N-dealkylation sites (tertiary alicyclic amines) is 1. The Balaban J connectivity index is 1.96. The first-order valence-corrected chi connectivity index (χ1v) is 11.3. The van der Waals surface area contributed by atoms with Crippen molar-refractivity contribution in [2.75, 3.05) is 19.3 Å². The van der Waals surface area contributed by atoms with E-state index >= 15 is 0 Å². The molecule has 10 nitrogen and oxygen atoms in total. The molecule has 1 heterocycles. The molecule has 1 aliphatic rings. The summed E-state index contributed by atoms with van der Waals surface area (Å²) in [6.07, 6.45) is -0.113. The summed E-state index contributed by atoms with van der Waals surface area (Å²) in [6.45, 7) is 2.28. The average Bonchev–Trinajstić information content (AvgIpc) is 2.60. The maximum atomic E-state index is 12.3. The zero-order valence-corrected chi connectivity index (χ0v) is 16.4. The van der Waals surface area contributed by atoms with Gasteiger partial charge in [-0.2, -0.15) is 0 Å². The van der Waals surface area contributed by atoms with Gasteiger partial charge in [0.05, 0.1) is 4.90 Å². The maximum absolute atomic E-state index is 12.3. The van der Waals surface area contributed by atoms with E-state index in [4.69, 9.17) is 4.74 Å². The molecule has 1 aromatic carbocycles. The molecule has 1 saturated heterocycles. The SMILES string of the molecule is CC(=O)N1CCC(OC(=O)ONS(=O)(=O)c2ccccc2S(C)(=O)=O)CC1. The molecule has 0 unspecified atom stereocenters. The Hall–Kier alpha value is -2.18. The molecule has 0 spiro atoms. The van der Waals surface area contributed by atoms with Crippen LogP contribution < -0.4 is 4.89 Å². The van der Waals surface area contributed by atoms with Crippen LogP contribution in [0.5, 0.6) is 0 Å². The Labute approximate surface area is 157 Å². The van der Waals surface area contributed by atoms with Crippen molar-refractivity contribution < 1.29 is 36.0 Å². The van der Waals surface area contributed by atoms with E-state index in [9.17, 15) is 26.4 Å². The van der Waals surface area contributed by atoms with E-state index in [1.165, 1.54) is 19.1 Å². The van der Waals surface area contributed by atoms with Gasteiger partial charge in [-0.05, 0) is 17.0 Å². The summed E-state index contributed by atoms with van der Waals surface area (Å²) in [5.74, 6) is -0.0756. The smallest absolute Gasteiger partial charge is 0.430 e. The number of hydrogen-bond acceptors (Lipinski definition) is 8. The van der Waals surface area contributed by atoms with Crippen molar-refractivity contribution in [1.82, 2.24) is 9.79 Å². The lowest BCUT2D eigenvalue weighted by Gasteiger charge is -2.30. The van der Waals surface area contributed by atoms with Crippen LogP contribution in [0.2, 0.25) is 0 Å². The number of rotatable bonds is 5. The van der Waals surface area contributed by atoms with E-state index in [-0.39, 0.29) is 5.91 Å². The van der Waals surface area contributed by atoms with Gasteiger partial charge in [0.15, 0.2) is 9.84 Å². The number of hydrogen-bond donors (Lipinski definition) is 1. The van der Waals surface area contributed by atoms with Gasteiger partial charge in [0.2, 0.25) is 5.91 Å². The average molecular weight is 420 g/mol. The first kappa shape index (κ1) is 21.1. The molecule has 0 aliphatic carbocycles. The number of carbonyl (C=O) groups excluding carboxylic acids is 2. The Morgan fingerprint density at radius 2 is 1.63 bits per heavy atom. The van der Waals surface area contributed by atoms with Gasteiger partial charge in [0, 0.05) is 39.1 Å². The van der Waals surface area contributed by atoms with Crippen molar-refractivity contribution in [3.63, 3.8) is 0 Å². The Kier molecular flexibility index (Phi) is 6.44. The third-order valence-electron chi connectivity index (χ3n) is 3.92. The van der Waals surface area contributed by atoms with Crippen LogP contribution in [0.4, 0.5) is 4.79 Å². The van der Waals surface area contributed by atoms with Crippen LogP contribution >= 0.6 is 0 Å². The predicted molar refractivity (Wildman–Crippen MR) is 92.7 cm³/mol. The van der Waals surface area contributed by atoms with Crippen molar-refractivity contribution in [2.24, 2.45) is 0 Å². The zero-order valence-electron chi connectivity index (χ0n) is 14.7. The molecular formula is C15H20N2O8S2. The lowest BCUT2D eigenvalue weighted by Crippen LogP contribution is -2.41. The van der Waals surface area contributed by atoms with Gasteiger partial charge >= 0.3 is 6.16 Å². The van der Waals surface area contributed by atoms with Crippen molar-refractivity contribution in [1.29, 1.82) is 0 Å². The summed E-state index contributed by atoms with van der Waals surface area (Å²) in [4.78, 5) is 29.6. The Bertz CT molecular complexity index is 919. The summed E-state index contributed by atoms with van der Waals surface area (Å²) in [5.41, 5.74) is 0. The Morgan fingerprint density at radius 1 is 1.07 bits per heavy atom. The number of nitrogens with one attached hydrogen (secondary N) is 1. The summed E-state index contributed by atoms with van der Waals surface area (Å²) in [5, 5.41) is 0. The first-order chi connectivity index (χ1) is 12.5. The second kappa shape index (κ2) is 8.23. The third kappa shape index (κ3) is 5.65. The predicted octanol–water partition coefficient (Wildman–Crippen LogP) is 0.448. The second-order valence-electron chi connectivity index (χ2n) is 5.98. The standard InChI is InChI=1S/C15H20N2O8S2/c1-11(18)17-9-7-12(8-10-17)24-15(19)25-16-27(22,23)14-6-4-3-5-13(14)26(2,20)21/h3-6,12,16H,7-10H2,1-2H3. The fraction of sp³-hybridized carbons (Fsp3) is 0.467. The number of carbonyl (C=O) groups is 2. The zero-order chi connectivity index (χ0) is 20.2. The second-order valence-corrected chi connectivity index (χ2v) is 9.58. The normalized spacial score (nSPS) is 16.0. The molecule has 1 aromatic rings. The largest absolute Gasteiger partial charge is 0.528 e. The third-order valence-corrected chi connectivity index (χ3v) is 6.44. The fourth-order valence-corrected chi connectivity index (χ4v) is 4.96. The molecular weight excluding hydrogens is 400 g/mol. The summed E-state index contributed by atoms with van der Waals surface area (Å²) in [6, 6.07) is 4.91. The molecule has 1 fully saturated rings. The van der Waals surface area contributed by atoms with E-state index in [0.717, 1.165) is 18.4 Å². The Morgan fingerprint density at radius 3 is 2.15 bits per heavy atom. The van der Waals surface area contributed by atoms with Gasteiger partial charge in [-0.25, -0.2) is 21.6 Å². The lowest BCUT2D eigenvalue weighted by atomic mass is 10.1. The van der Waals surface area contributed by atoms with Gasteiger partial charge in [-0.3, -0.25) is 4.79 Å². The van der Waals surface area contributed by atoms with E-state index in [1.54, 1.807) is 9.79 Å². The fourth-order valence-electron chi connectivity index (χ4n) is 2.56. The highest BCUT2D eigenvalue weighted by Crippen LogP contribution is 2.20. The topological polar surface area (TPSA) is 136 Å². The van der Waals surface area contributed by atoms with Crippen LogP contribution in [0, 0.1) is 0 Å². The summed E-state index contributed by atoms with van der Waals surface area (Å²) >= 11 is 0. The van der Waals surface area contributed by atoms with Crippen LogP contribution in [-0.2, 0) is 34.2 Å². The highest BCUT2D eigenvalue weighted by atomic mass is 32.2. The number of sulfonamides is 1. The minimum atomic E-state index is -4.44. The first-order valence-electron chi connectivity index (χ1n) is 7.94. The minimum Gasteiger partial charge on any atom is -0.430 e. The molecule has 1 aliphatic heterocycles. The van der Waals surface area contributed by atoms with Gasteiger partial charge in [-0.1, -0.05) is 12.1 Å². The van der Waals surface area contributed by atoms with E-state index in [0.29, 0.717) is 25.9 Å². The lowest BCUT2D eigenvalue weighted by molar-refractivity contribution is -0.131. The van der Waals surface area contributed by atoms with Crippen LogP contribution in [-0.4, -0.2) is 59.2 Å². The molecule has 0 aromatic heterocycles. The van der Waals surface area contributed by atoms with Gasteiger partial charge in [0.1, 0.15) is 11.0 Å². The quantitative estimate of drug-likeness (QED) is 0.535. The summed E-state index contributed by atoms with van der Waals surface area (Å²) < 4.78 is 53.0. The van der Waals surface area contributed by atoms with Crippen molar-refractivity contribution in [3.8, 4) is 0 Å². The van der Waals surface area contributed by atoms with Gasteiger partial charge in [0.25, 0.3) is 10.0 Å². The number of amides is 1. The number of benzene rings is 1. The van der Waals surface area contributed by atoms with E-state index in [1.807, 2.05) is 0 Å². The monoisotopic (exact) mass is 420 g/mol. The molecule has 27 heavy (non-hydrogen) atoms. The van der Waals surface area contributed by atoms with Crippen molar-refractivity contribution >= 4 is 31.9 Å². The molecule has 0 saturated carbocycles. The molecule has 1 amide bonds. The van der Waals surface area contributed by atoms with Crippen LogP contribution in [0.1, 0.15) is 19.8 Å². The summed E-state index contributed by atoms with van der Waals surface area (Å²) in [7, 11) is -8.25. The van der Waals surface area contributed by atoms with Crippen LogP contribution in [0.3, 0.4) is 0 Å². The molecule has 0 radical (unpaired) electrons. The van der Waals surface area contributed by atoms with E-state index in [2.05, 4.69) is 4.84 Å². The van der Waals surface area contributed by atoms with Crippen molar-refractivity contribution in [2.45, 2.75) is 35.7 Å². The highest BCUT2D eigenvalue weighted by Gasteiger charge is 2.27. The van der Waals surface area contributed by atoms with Crippen molar-refractivity contribution in [3.05, 3.63) is 24.3 Å². The van der Waals surface area contributed by atoms with E-state index < -0.39 is 41.9 Å². The highest BCUT2D eigenvalue weighted by molar-refractivity contribution is 7.93. The van der Waals surface area contributed by atoms with Crippen LogP contribution in [0.15, 0.2) is 34.1 Å². The van der Waals surface area contributed by atoms with Crippen LogP contribution in [0.25, 0.3) is 0 Å². The molecule has 1 N–H and O–H groups in total. The molecule has 2 rings (SSSR count). The number of piperidine rings is 1. The molecule has 12 heteroatoms. The molecule has 0 atom stereocenters. The maximum Gasteiger partial charge on any atom is 0.528 e. The number of ether oxygens (including phenoxy) is 1. The van der Waals surface area contributed by atoms with Gasteiger partial charge in [-0.15, -0.1) is 0 Å².